The predicted octanol–water partition coefficient (Wildman–Crippen LogP) is 5.51. The highest BCUT2D eigenvalue weighted by Gasteiger charge is 2.16. The quantitative estimate of drug-likeness (QED) is 0.289. The van der Waals surface area contributed by atoms with Gasteiger partial charge in [-0.25, -0.2) is 4.98 Å². The summed E-state index contributed by atoms with van der Waals surface area (Å²) in [7, 11) is 0. The zero-order valence-corrected chi connectivity index (χ0v) is 19.5. The van der Waals surface area contributed by atoms with Gasteiger partial charge < -0.3 is 9.14 Å². The Labute approximate surface area is 197 Å². The van der Waals surface area contributed by atoms with Crippen LogP contribution in [0.2, 0.25) is 0 Å². The molecule has 7 heteroatoms. The van der Waals surface area contributed by atoms with Crippen molar-refractivity contribution in [2.75, 3.05) is 6.61 Å². The molecule has 3 aromatic heterocycles. The summed E-state index contributed by atoms with van der Waals surface area (Å²) in [5.74, 6) is 2.47. The van der Waals surface area contributed by atoms with E-state index in [1.165, 1.54) is 5.56 Å². The Balaban J connectivity index is 1.45. The molecule has 2 aromatic carbocycles. The van der Waals surface area contributed by atoms with E-state index in [0.29, 0.717) is 18.8 Å². The number of imidazole rings is 1. The van der Waals surface area contributed by atoms with E-state index in [1.54, 1.807) is 11.8 Å². The maximum absolute atomic E-state index is 5.62. The molecule has 33 heavy (non-hydrogen) atoms. The van der Waals surface area contributed by atoms with Gasteiger partial charge in [-0.3, -0.25) is 4.57 Å². The van der Waals surface area contributed by atoms with Gasteiger partial charge in [0.15, 0.2) is 5.16 Å². The highest BCUT2D eigenvalue weighted by molar-refractivity contribution is 7.98. The number of thioether (sulfide) groups is 1. The number of ether oxygens (including phenoxy) is 1. The van der Waals surface area contributed by atoms with Gasteiger partial charge >= 0.3 is 0 Å². The smallest absolute Gasteiger partial charge is 0.196 e. The molecule has 5 rings (SSSR count). The van der Waals surface area contributed by atoms with E-state index in [2.05, 4.69) is 62.6 Å². The van der Waals surface area contributed by atoms with E-state index in [9.17, 15) is 0 Å². The van der Waals surface area contributed by atoms with E-state index < -0.39 is 0 Å². The molecule has 0 atom stereocenters. The fourth-order valence-electron chi connectivity index (χ4n) is 3.82. The Morgan fingerprint density at radius 2 is 1.76 bits per heavy atom. The number of aryl methyl sites for hydroxylation is 1. The van der Waals surface area contributed by atoms with Gasteiger partial charge in [-0.15, -0.1) is 10.2 Å². The first-order valence-corrected chi connectivity index (χ1v) is 12.0. The number of nitrogens with zero attached hydrogens (tertiary/aromatic N) is 5. The van der Waals surface area contributed by atoms with Gasteiger partial charge in [-0.2, -0.15) is 0 Å². The Bertz CT molecular complexity index is 1360. The van der Waals surface area contributed by atoms with Gasteiger partial charge in [0, 0.05) is 30.3 Å². The van der Waals surface area contributed by atoms with E-state index in [1.807, 2.05) is 49.5 Å². The van der Waals surface area contributed by atoms with Crippen LogP contribution in [-0.2, 0) is 12.2 Å². The van der Waals surface area contributed by atoms with Crippen molar-refractivity contribution in [1.29, 1.82) is 0 Å². The molecular weight excluding hydrogens is 430 g/mol. The zero-order chi connectivity index (χ0) is 22.6. The van der Waals surface area contributed by atoms with Crippen molar-refractivity contribution in [3.8, 4) is 11.4 Å². The molecule has 0 radical (unpaired) electrons. The first-order chi connectivity index (χ1) is 16.2. The maximum Gasteiger partial charge on any atom is 0.196 e. The van der Waals surface area contributed by atoms with Crippen LogP contribution in [0.15, 0.2) is 84.3 Å². The molecule has 166 valence electrons. The molecule has 3 heterocycles. The minimum atomic E-state index is 0.644. The number of fused-ring (bicyclic) bond motifs is 1. The van der Waals surface area contributed by atoms with Crippen LogP contribution in [0.25, 0.3) is 11.3 Å². The van der Waals surface area contributed by atoms with E-state index in [0.717, 1.165) is 39.3 Å². The van der Waals surface area contributed by atoms with Crippen LogP contribution in [0.5, 0.6) is 5.75 Å². The van der Waals surface area contributed by atoms with E-state index in [-0.39, 0.29) is 0 Å². The molecule has 0 bridgehead atoms. The molecule has 0 saturated carbocycles. The Morgan fingerprint density at radius 1 is 0.939 bits per heavy atom. The van der Waals surface area contributed by atoms with Crippen molar-refractivity contribution in [3.63, 3.8) is 0 Å². The Kier molecular flexibility index (Phi) is 6.13. The van der Waals surface area contributed by atoms with E-state index in [4.69, 9.17) is 9.72 Å². The van der Waals surface area contributed by atoms with Crippen molar-refractivity contribution < 1.29 is 4.74 Å². The molecule has 0 aliphatic carbocycles. The molecule has 0 fully saturated rings. The second-order valence-electron chi connectivity index (χ2n) is 7.77. The Morgan fingerprint density at radius 3 is 2.52 bits per heavy atom. The lowest BCUT2D eigenvalue weighted by Crippen LogP contribution is -2.04. The molecule has 5 aromatic rings. The van der Waals surface area contributed by atoms with Gasteiger partial charge in [0.05, 0.1) is 12.3 Å². The lowest BCUT2D eigenvalue weighted by molar-refractivity contribution is 0.340. The first-order valence-electron chi connectivity index (χ1n) is 11.0. The van der Waals surface area contributed by atoms with Crippen LogP contribution < -0.4 is 4.74 Å². The zero-order valence-electron chi connectivity index (χ0n) is 18.7. The SMILES string of the molecule is CCOc1ccc(-n2c(Cc3ccccc3)nnc2SCc2cn3cccc(C)c3n2)cc1. The summed E-state index contributed by atoms with van der Waals surface area (Å²) in [5, 5.41) is 9.94. The van der Waals surface area contributed by atoms with Gasteiger partial charge in [0.2, 0.25) is 0 Å². The van der Waals surface area contributed by atoms with Crippen molar-refractivity contribution >= 4 is 17.4 Å². The van der Waals surface area contributed by atoms with Crippen LogP contribution in [0.4, 0.5) is 0 Å². The molecule has 0 aliphatic heterocycles. The largest absolute Gasteiger partial charge is 0.494 e. The molecule has 6 nitrogen and oxygen atoms in total. The van der Waals surface area contributed by atoms with Crippen LogP contribution in [0.3, 0.4) is 0 Å². The molecule has 0 spiro atoms. The van der Waals surface area contributed by atoms with Gasteiger partial charge in [-0.05, 0) is 55.3 Å². The number of pyridine rings is 1. The number of rotatable bonds is 8. The Hall–Kier alpha value is -3.58. The monoisotopic (exact) mass is 455 g/mol. The number of aromatic nitrogens is 5. The predicted molar refractivity (Wildman–Crippen MR) is 131 cm³/mol. The fourth-order valence-corrected chi connectivity index (χ4v) is 4.67. The third kappa shape index (κ3) is 4.64. The van der Waals surface area contributed by atoms with Gasteiger partial charge in [-0.1, -0.05) is 48.2 Å². The molecule has 0 unspecified atom stereocenters. The van der Waals surface area contributed by atoms with E-state index >= 15 is 0 Å². The highest BCUT2D eigenvalue weighted by atomic mass is 32.2. The maximum atomic E-state index is 5.62. The summed E-state index contributed by atoms with van der Waals surface area (Å²) in [5.41, 5.74) is 5.38. The number of hydrogen-bond donors (Lipinski definition) is 0. The topological polar surface area (TPSA) is 57.2 Å². The summed E-state index contributed by atoms with van der Waals surface area (Å²) in [4.78, 5) is 4.80. The molecule has 0 saturated heterocycles. The lowest BCUT2D eigenvalue weighted by Gasteiger charge is -2.11. The van der Waals surface area contributed by atoms with Crippen LogP contribution in [0, 0.1) is 6.92 Å². The summed E-state index contributed by atoms with van der Waals surface area (Å²) in [6.07, 6.45) is 4.82. The molecule has 0 amide bonds. The third-order valence-corrected chi connectivity index (χ3v) is 6.35. The third-order valence-electron chi connectivity index (χ3n) is 5.39. The fraction of sp³-hybridized carbons (Fsp3) is 0.192. The van der Waals surface area contributed by atoms with Crippen molar-refractivity contribution in [1.82, 2.24) is 24.1 Å². The average Bonchev–Trinajstić information content (AvgIpc) is 3.44. The number of hydrogen-bond acceptors (Lipinski definition) is 5. The lowest BCUT2D eigenvalue weighted by atomic mass is 10.1. The van der Waals surface area contributed by atoms with Crippen LogP contribution >= 0.6 is 11.8 Å². The second kappa shape index (κ2) is 9.50. The minimum Gasteiger partial charge on any atom is -0.494 e. The summed E-state index contributed by atoms with van der Waals surface area (Å²) in [6, 6.07) is 22.6. The van der Waals surface area contributed by atoms with Gasteiger partial charge in [0.25, 0.3) is 0 Å². The van der Waals surface area contributed by atoms with Crippen LogP contribution in [0.1, 0.15) is 29.6 Å². The number of benzene rings is 2. The summed E-state index contributed by atoms with van der Waals surface area (Å²) >= 11 is 1.64. The van der Waals surface area contributed by atoms with Crippen molar-refractivity contribution in [3.05, 3.63) is 102 Å². The minimum absolute atomic E-state index is 0.644. The summed E-state index contributed by atoms with van der Waals surface area (Å²) < 4.78 is 9.83. The molecule has 0 N–H and O–H groups in total. The summed E-state index contributed by atoms with van der Waals surface area (Å²) in [6.45, 7) is 4.71. The standard InChI is InChI=1S/C26H25N5OS/c1-3-32-23-13-11-22(12-14-23)31-24(16-20-9-5-4-6-10-20)28-29-26(31)33-18-21-17-30-15-7-8-19(2)25(30)27-21/h4-15,17H,3,16,18H2,1-2H3. The van der Waals surface area contributed by atoms with Crippen LogP contribution in [-0.4, -0.2) is 30.8 Å². The van der Waals surface area contributed by atoms with Gasteiger partial charge in [0.1, 0.15) is 17.2 Å². The first kappa shape index (κ1) is 21.3. The molecule has 0 aliphatic rings. The average molecular weight is 456 g/mol. The van der Waals surface area contributed by atoms with Crippen molar-refractivity contribution in [2.24, 2.45) is 0 Å². The van der Waals surface area contributed by atoms with Crippen molar-refractivity contribution in [2.45, 2.75) is 31.2 Å². The normalized spacial score (nSPS) is 11.2. The highest BCUT2D eigenvalue weighted by Crippen LogP contribution is 2.27. The second-order valence-corrected chi connectivity index (χ2v) is 8.71. The molecular formula is C26H25N5OS.